The molecule has 1 saturated heterocycles. The zero-order valence-corrected chi connectivity index (χ0v) is 13.7. The van der Waals surface area contributed by atoms with E-state index >= 15 is 0 Å². The molecule has 1 aliphatic heterocycles. The monoisotopic (exact) mass is 287 g/mol. The van der Waals surface area contributed by atoms with Crippen molar-refractivity contribution >= 4 is 0 Å². The lowest BCUT2D eigenvalue weighted by Gasteiger charge is -2.50. The van der Waals surface area contributed by atoms with Gasteiger partial charge in [-0.1, -0.05) is 26.7 Å². The topological polar surface area (TPSA) is 28.2 Å². The molecule has 1 saturated carbocycles. The summed E-state index contributed by atoms with van der Waals surface area (Å²) in [7, 11) is 0. The summed E-state index contributed by atoms with van der Waals surface area (Å²) in [6.07, 6.45) is 9.30. The quantitative estimate of drug-likeness (QED) is 0.923. The van der Waals surface area contributed by atoms with Crippen LogP contribution in [0, 0.1) is 5.92 Å². The van der Waals surface area contributed by atoms with Crippen LogP contribution in [0.1, 0.15) is 58.1 Å². The van der Waals surface area contributed by atoms with Gasteiger partial charge in [0, 0.05) is 43.1 Å². The molecule has 1 aromatic heterocycles. The van der Waals surface area contributed by atoms with Gasteiger partial charge in [-0.05, 0) is 43.4 Å². The molecule has 3 rings (SSSR count). The lowest BCUT2D eigenvalue weighted by atomic mass is 9.87. The van der Waals surface area contributed by atoms with Crippen LogP contribution in [0.4, 0.5) is 0 Å². The van der Waals surface area contributed by atoms with E-state index in [1.165, 1.54) is 37.8 Å². The highest BCUT2D eigenvalue weighted by Crippen LogP contribution is 2.37. The predicted octanol–water partition coefficient (Wildman–Crippen LogP) is 3.39. The van der Waals surface area contributed by atoms with E-state index in [9.17, 15) is 0 Å². The molecule has 1 aromatic rings. The van der Waals surface area contributed by atoms with E-state index in [2.05, 4.69) is 48.1 Å². The van der Waals surface area contributed by atoms with Gasteiger partial charge in [-0.3, -0.25) is 9.88 Å². The van der Waals surface area contributed by atoms with Gasteiger partial charge in [0.1, 0.15) is 0 Å². The molecule has 2 unspecified atom stereocenters. The molecule has 2 heterocycles. The largest absolute Gasteiger partial charge is 0.308 e. The highest BCUT2D eigenvalue weighted by Gasteiger charge is 2.43. The lowest BCUT2D eigenvalue weighted by molar-refractivity contribution is 0.0267. The second-order valence-corrected chi connectivity index (χ2v) is 7.31. The third-order valence-electron chi connectivity index (χ3n) is 5.61. The van der Waals surface area contributed by atoms with E-state index in [1.807, 2.05) is 12.4 Å². The van der Waals surface area contributed by atoms with Gasteiger partial charge in [-0.25, -0.2) is 0 Å². The molecule has 3 heteroatoms. The van der Waals surface area contributed by atoms with Crippen LogP contribution < -0.4 is 5.32 Å². The maximum atomic E-state index is 4.17. The van der Waals surface area contributed by atoms with Crippen molar-refractivity contribution in [1.82, 2.24) is 15.2 Å². The van der Waals surface area contributed by atoms with Crippen molar-refractivity contribution in [3.63, 3.8) is 0 Å². The summed E-state index contributed by atoms with van der Waals surface area (Å²) in [5, 5.41) is 3.91. The first kappa shape index (κ1) is 15.0. The van der Waals surface area contributed by atoms with E-state index in [-0.39, 0.29) is 0 Å². The Bertz CT molecular complexity index is 451. The summed E-state index contributed by atoms with van der Waals surface area (Å²) in [6, 6.07) is 5.44. The fourth-order valence-electron chi connectivity index (χ4n) is 4.22. The van der Waals surface area contributed by atoms with Gasteiger partial charge in [0.05, 0.1) is 0 Å². The lowest BCUT2D eigenvalue weighted by Crippen LogP contribution is -2.64. The third kappa shape index (κ3) is 3.00. The van der Waals surface area contributed by atoms with Crippen molar-refractivity contribution in [2.24, 2.45) is 5.92 Å². The number of rotatable bonds is 3. The van der Waals surface area contributed by atoms with Crippen molar-refractivity contribution in [1.29, 1.82) is 0 Å². The Kier molecular flexibility index (Phi) is 4.32. The normalized spacial score (nSPS) is 27.3. The van der Waals surface area contributed by atoms with Gasteiger partial charge in [0.2, 0.25) is 0 Å². The van der Waals surface area contributed by atoms with Gasteiger partial charge >= 0.3 is 0 Å². The minimum absolute atomic E-state index is 0.382. The summed E-state index contributed by atoms with van der Waals surface area (Å²) in [5.41, 5.74) is 1.78. The van der Waals surface area contributed by atoms with Gasteiger partial charge < -0.3 is 5.32 Å². The standard InChI is InChI=1S/C18H29N3/c1-14(2)17-12-20-18(8-4-5-9-18)13-21(17)15(3)16-6-10-19-11-7-16/h6-7,10-11,14-15,17,20H,4-5,8-9,12-13H2,1-3H3. The Morgan fingerprint density at radius 1 is 1.19 bits per heavy atom. The molecular formula is C18H29N3. The van der Waals surface area contributed by atoms with Crippen molar-refractivity contribution < 1.29 is 0 Å². The predicted molar refractivity (Wildman–Crippen MR) is 87.2 cm³/mol. The first-order chi connectivity index (χ1) is 10.1. The van der Waals surface area contributed by atoms with Crippen LogP contribution in [0.5, 0.6) is 0 Å². The number of piperazine rings is 1. The van der Waals surface area contributed by atoms with Crippen molar-refractivity contribution in [2.45, 2.75) is 64.1 Å². The van der Waals surface area contributed by atoms with Crippen molar-refractivity contribution in [3.8, 4) is 0 Å². The fraction of sp³-hybridized carbons (Fsp3) is 0.722. The Labute approximate surface area is 129 Å². The van der Waals surface area contributed by atoms with Gasteiger partial charge in [-0.2, -0.15) is 0 Å². The average molecular weight is 287 g/mol. The van der Waals surface area contributed by atoms with E-state index in [4.69, 9.17) is 0 Å². The minimum Gasteiger partial charge on any atom is -0.308 e. The number of aromatic nitrogens is 1. The molecule has 0 bridgehead atoms. The van der Waals surface area contributed by atoms with Gasteiger partial charge in [0.25, 0.3) is 0 Å². The van der Waals surface area contributed by atoms with Crippen LogP contribution in [0.15, 0.2) is 24.5 Å². The molecule has 0 radical (unpaired) electrons. The van der Waals surface area contributed by atoms with Crippen LogP contribution in [0.25, 0.3) is 0 Å². The molecule has 3 nitrogen and oxygen atoms in total. The third-order valence-corrected chi connectivity index (χ3v) is 5.61. The minimum atomic E-state index is 0.382. The summed E-state index contributed by atoms with van der Waals surface area (Å²) in [4.78, 5) is 6.92. The maximum absolute atomic E-state index is 4.17. The first-order valence-electron chi connectivity index (χ1n) is 8.52. The SMILES string of the molecule is CC(C)C1CNC2(CCCC2)CN1C(C)c1ccncc1. The van der Waals surface area contributed by atoms with Crippen LogP contribution in [0.3, 0.4) is 0 Å². The summed E-state index contributed by atoms with van der Waals surface area (Å²) in [6.45, 7) is 9.39. The number of nitrogens with one attached hydrogen (secondary N) is 1. The zero-order chi connectivity index (χ0) is 14.9. The molecular weight excluding hydrogens is 258 g/mol. The van der Waals surface area contributed by atoms with E-state index in [0.29, 0.717) is 23.5 Å². The summed E-state index contributed by atoms with van der Waals surface area (Å²) < 4.78 is 0. The Hall–Kier alpha value is -0.930. The van der Waals surface area contributed by atoms with Crippen LogP contribution in [-0.2, 0) is 0 Å². The molecule has 1 N–H and O–H groups in total. The molecule has 21 heavy (non-hydrogen) atoms. The highest BCUT2D eigenvalue weighted by molar-refractivity contribution is 5.16. The Balaban J connectivity index is 1.83. The first-order valence-corrected chi connectivity index (χ1v) is 8.52. The Morgan fingerprint density at radius 3 is 2.48 bits per heavy atom. The van der Waals surface area contributed by atoms with E-state index in [0.717, 1.165) is 6.54 Å². The second kappa shape index (κ2) is 6.05. The van der Waals surface area contributed by atoms with Crippen LogP contribution in [0.2, 0.25) is 0 Å². The number of nitrogens with zero attached hydrogens (tertiary/aromatic N) is 2. The molecule has 2 atom stereocenters. The molecule has 0 amide bonds. The molecule has 1 spiro atoms. The molecule has 2 aliphatic rings. The van der Waals surface area contributed by atoms with Gasteiger partial charge in [-0.15, -0.1) is 0 Å². The fourth-order valence-corrected chi connectivity index (χ4v) is 4.22. The smallest absolute Gasteiger partial charge is 0.0325 e. The second-order valence-electron chi connectivity index (χ2n) is 7.31. The summed E-state index contributed by atoms with van der Waals surface area (Å²) in [5.74, 6) is 0.681. The molecule has 2 fully saturated rings. The summed E-state index contributed by atoms with van der Waals surface area (Å²) >= 11 is 0. The highest BCUT2D eigenvalue weighted by atomic mass is 15.3. The van der Waals surface area contributed by atoms with E-state index < -0.39 is 0 Å². The van der Waals surface area contributed by atoms with Crippen LogP contribution in [-0.4, -0.2) is 34.6 Å². The zero-order valence-electron chi connectivity index (χ0n) is 13.7. The maximum Gasteiger partial charge on any atom is 0.0325 e. The van der Waals surface area contributed by atoms with E-state index in [1.54, 1.807) is 0 Å². The van der Waals surface area contributed by atoms with Crippen LogP contribution >= 0.6 is 0 Å². The number of pyridine rings is 1. The Morgan fingerprint density at radius 2 is 1.86 bits per heavy atom. The molecule has 1 aliphatic carbocycles. The number of hydrogen-bond donors (Lipinski definition) is 1. The molecule has 0 aromatic carbocycles. The van der Waals surface area contributed by atoms with Crippen molar-refractivity contribution in [3.05, 3.63) is 30.1 Å². The van der Waals surface area contributed by atoms with Crippen molar-refractivity contribution in [2.75, 3.05) is 13.1 Å². The number of hydrogen-bond acceptors (Lipinski definition) is 3. The van der Waals surface area contributed by atoms with Gasteiger partial charge in [0.15, 0.2) is 0 Å². The molecule has 116 valence electrons. The average Bonchev–Trinajstić information content (AvgIpc) is 2.95.